The highest BCUT2D eigenvalue weighted by atomic mass is 35.5. The fourth-order valence-electron chi connectivity index (χ4n) is 2.81. The Morgan fingerprint density at radius 1 is 0.870 bits per heavy atom. The Morgan fingerprint density at radius 2 is 1.70 bits per heavy atom. The minimum atomic E-state index is 0.697. The molecule has 0 radical (unpaired) electrons. The third-order valence-corrected chi connectivity index (χ3v) is 4.17. The molecule has 0 spiro atoms. The molecule has 0 saturated carbocycles. The van der Waals surface area contributed by atoms with Crippen LogP contribution in [-0.2, 0) is 0 Å². The third-order valence-electron chi connectivity index (χ3n) is 3.94. The van der Waals surface area contributed by atoms with Crippen molar-refractivity contribution in [3.05, 3.63) is 88.4 Å². The van der Waals surface area contributed by atoms with Gasteiger partial charge in [-0.15, -0.1) is 0 Å². The first-order valence-electron chi connectivity index (χ1n) is 7.52. The summed E-state index contributed by atoms with van der Waals surface area (Å²) in [6, 6.07) is 22.4. The number of hydrogen-bond acceptors (Lipinski definition) is 2. The fourth-order valence-corrected chi connectivity index (χ4v) is 2.98. The van der Waals surface area contributed by atoms with E-state index in [1.165, 1.54) is 5.56 Å². The zero-order valence-corrected chi connectivity index (χ0v) is 13.4. The van der Waals surface area contributed by atoms with Crippen LogP contribution in [0.1, 0.15) is 16.7 Å². The number of aliphatic imine (C=N–C) groups is 1. The Hall–Kier alpha value is -2.58. The third kappa shape index (κ3) is 2.62. The number of fused-ring (bicyclic) bond motifs is 2. The van der Waals surface area contributed by atoms with E-state index in [0.717, 1.165) is 33.9 Å². The van der Waals surface area contributed by atoms with Gasteiger partial charge >= 0.3 is 0 Å². The molecule has 0 atom stereocenters. The quantitative estimate of drug-likeness (QED) is 0.466. The molecule has 1 aliphatic rings. The van der Waals surface area contributed by atoms with E-state index in [0.29, 0.717) is 5.02 Å². The number of aryl methyl sites for hydroxylation is 1. The van der Waals surface area contributed by atoms with Gasteiger partial charge in [0.05, 0.1) is 17.1 Å². The van der Waals surface area contributed by atoms with E-state index in [1.54, 1.807) is 0 Å². The van der Waals surface area contributed by atoms with Crippen LogP contribution in [0.15, 0.2) is 71.7 Å². The SMILES string of the molecule is Cc1ccc2c(c1)C(c1ccccc1)=Nc1ccc(Cl)cc1N2. The van der Waals surface area contributed by atoms with Crippen LogP contribution in [0.25, 0.3) is 0 Å². The molecule has 0 saturated heterocycles. The number of rotatable bonds is 1. The Balaban J connectivity index is 2.01. The summed E-state index contributed by atoms with van der Waals surface area (Å²) in [5, 5.41) is 4.17. The standard InChI is InChI=1S/C20H15ClN2/c1-13-7-9-17-16(11-13)20(14-5-3-2-4-6-14)23-18-10-8-15(21)12-19(18)22-17/h2-12,22H,1H3. The van der Waals surface area contributed by atoms with Gasteiger partial charge < -0.3 is 5.32 Å². The van der Waals surface area contributed by atoms with Crippen molar-refractivity contribution in [3.63, 3.8) is 0 Å². The predicted molar refractivity (Wildman–Crippen MR) is 97.7 cm³/mol. The van der Waals surface area contributed by atoms with Gasteiger partial charge in [-0.2, -0.15) is 0 Å². The van der Waals surface area contributed by atoms with Gasteiger partial charge in [0.15, 0.2) is 0 Å². The van der Waals surface area contributed by atoms with Crippen molar-refractivity contribution in [2.75, 3.05) is 5.32 Å². The maximum Gasteiger partial charge on any atom is 0.0873 e. The van der Waals surface area contributed by atoms with Crippen LogP contribution in [0, 0.1) is 6.92 Å². The lowest BCUT2D eigenvalue weighted by Gasteiger charge is -2.12. The second-order valence-electron chi connectivity index (χ2n) is 5.66. The second kappa shape index (κ2) is 5.56. The Bertz CT molecular complexity index is 914. The van der Waals surface area contributed by atoms with E-state index >= 15 is 0 Å². The highest BCUT2D eigenvalue weighted by Crippen LogP contribution is 2.37. The largest absolute Gasteiger partial charge is 0.353 e. The maximum absolute atomic E-state index is 6.15. The Kier molecular flexibility index (Phi) is 3.40. The van der Waals surface area contributed by atoms with Crippen LogP contribution in [0.3, 0.4) is 0 Å². The average molecular weight is 319 g/mol. The van der Waals surface area contributed by atoms with Crippen molar-refractivity contribution in [2.24, 2.45) is 4.99 Å². The minimum absolute atomic E-state index is 0.697. The molecular weight excluding hydrogens is 304 g/mol. The number of nitrogens with zero attached hydrogens (tertiary/aromatic N) is 1. The van der Waals surface area contributed by atoms with E-state index in [2.05, 4.69) is 42.6 Å². The van der Waals surface area contributed by atoms with Crippen molar-refractivity contribution in [3.8, 4) is 0 Å². The smallest absolute Gasteiger partial charge is 0.0873 e. The number of benzene rings is 3. The first-order valence-corrected chi connectivity index (χ1v) is 7.90. The molecule has 0 bridgehead atoms. The first kappa shape index (κ1) is 14.0. The Morgan fingerprint density at radius 3 is 2.52 bits per heavy atom. The normalized spacial score (nSPS) is 12.5. The predicted octanol–water partition coefficient (Wildman–Crippen LogP) is 5.87. The zero-order valence-electron chi connectivity index (χ0n) is 12.7. The van der Waals surface area contributed by atoms with E-state index in [4.69, 9.17) is 16.6 Å². The molecule has 4 rings (SSSR count). The van der Waals surface area contributed by atoms with Crippen molar-refractivity contribution in [1.29, 1.82) is 0 Å². The van der Waals surface area contributed by atoms with Crippen molar-refractivity contribution < 1.29 is 0 Å². The number of nitrogens with one attached hydrogen (secondary N) is 1. The topological polar surface area (TPSA) is 24.4 Å². The highest BCUT2D eigenvalue weighted by Gasteiger charge is 2.18. The molecule has 1 aliphatic heterocycles. The van der Waals surface area contributed by atoms with Crippen molar-refractivity contribution >= 4 is 34.4 Å². The molecular formula is C20H15ClN2. The molecule has 0 aliphatic carbocycles. The van der Waals surface area contributed by atoms with Gasteiger partial charge in [-0.25, -0.2) is 4.99 Å². The lowest BCUT2D eigenvalue weighted by Crippen LogP contribution is -2.05. The van der Waals surface area contributed by atoms with Crippen LogP contribution < -0.4 is 5.32 Å². The highest BCUT2D eigenvalue weighted by molar-refractivity contribution is 6.31. The molecule has 3 heteroatoms. The summed E-state index contributed by atoms with van der Waals surface area (Å²) in [6.07, 6.45) is 0. The van der Waals surface area contributed by atoms with E-state index in [-0.39, 0.29) is 0 Å². The van der Waals surface area contributed by atoms with Gasteiger partial charge in [0.1, 0.15) is 0 Å². The van der Waals surface area contributed by atoms with Crippen molar-refractivity contribution in [2.45, 2.75) is 6.92 Å². The molecule has 2 nitrogen and oxygen atoms in total. The monoisotopic (exact) mass is 318 g/mol. The minimum Gasteiger partial charge on any atom is -0.353 e. The molecule has 3 aromatic rings. The van der Waals surface area contributed by atoms with Gasteiger partial charge in [-0.05, 0) is 37.3 Å². The Labute approximate surface area is 140 Å². The lowest BCUT2D eigenvalue weighted by atomic mass is 9.99. The molecule has 1 heterocycles. The summed E-state index contributed by atoms with van der Waals surface area (Å²) in [4.78, 5) is 4.93. The second-order valence-corrected chi connectivity index (χ2v) is 6.10. The van der Waals surface area contributed by atoms with Crippen molar-refractivity contribution in [1.82, 2.24) is 0 Å². The van der Waals surface area contributed by atoms with Gasteiger partial charge in [-0.1, -0.05) is 53.6 Å². The van der Waals surface area contributed by atoms with Crippen LogP contribution in [0.5, 0.6) is 0 Å². The fraction of sp³-hybridized carbons (Fsp3) is 0.0500. The lowest BCUT2D eigenvalue weighted by molar-refractivity contribution is 1.44. The summed E-state index contributed by atoms with van der Waals surface area (Å²) < 4.78 is 0. The van der Waals surface area contributed by atoms with Gasteiger partial charge in [0.25, 0.3) is 0 Å². The summed E-state index contributed by atoms with van der Waals surface area (Å²) in [5.41, 5.74) is 7.23. The van der Waals surface area contributed by atoms with Crippen LogP contribution in [0.2, 0.25) is 5.02 Å². The van der Waals surface area contributed by atoms with E-state index < -0.39 is 0 Å². The average Bonchev–Trinajstić information content (AvgIpc) is 2.72. The van der Waals surface area contributed by atoms with E-state index in [9.17, 15) is 0 Å². The molecule has 0 fully saturated rings. The molecule has 0 aromatic heterocycles. The molecule has 3 aromatic carbocycles. The summed E-state index contributed by atoms with van der Waals surface area (Å²) in [5.74, 6) is 0. The number of halogens is 1. The molecule has 0 amide bonds. The zero-order chi connectivity index (χ0) is 15.8. The van der Waals surface area contributed by atoms with E-state index in [1.807, 2.05) is 36.4 Å². The number of anilines is 2. The maximum atomic E-state index is 6.15. The van der Waals surface area contributed by atoms with Crippen LogP contribution in [-0.4, -0.2) is 5.71 Å². The first-order chi connectivity index (χ1) is 11.2. The van der Waals surface area contributed by atoms with Gasteiger partial charge in [0.2, 0.25) is 0 Å². The van der Waals surface area contributed by atoms with Gasteiger partial charge in [-0.3, -0.25) is 0 Å². The molecule has 23 heavy (non-hydrogen) atoms. The summed E-state index contributed by atoms with van der Waals surface area (Å²) in [6.45, 7) is 2.10. The van der Waals surface area contributed by atoms with Crippen LogP contribution in [0.4, 0.5) is 17.1 Å². The van der Waals surface area contributed by atoms with Crippen LogP contribution >= 0.6 is 11.6 Å². The molecule has 112 valence electrons. The summed E-state index contributed by atoms with van der Waals surface area (Å²) >= 11 is 6.15. The number of hydrogen-bond donors (Lipinski definition) is 1. The molecule has 1 N–H and O–H groups in total. The van der Waals surface area contributed by atoms with Gasteiger partial charge in [0, 0.05) is 21.8 Å². The summed E-state index contributed by atoms with van der Waals surface area (Å²) in [7, 11) is 0. The molecule has 0 unspecified atom stereocenters.